The highest BCUT2D eigenvalue weighted by molar-refractivity contribution is 6.01. The van der Waals surface area contributed by atoms with Gasteiger partial charge < -0.3 is 18.3 Å². The van der Waals surface area contributed by atoms with Crippen molar-refractivity contribution in [3.63, 3.8) is 0 Å². The fourth-order valence-electron chi connectivity index (χ4n) is 3.67. The third kappa shape index (κ3) is 4.61. The summed E-state index contributed by atoms with van der Waals surface area (Å²) in [5.74, 6) is 2.29. The van der Waals surface area contributed by atoms with Crippen LogP contribution in [0.5, 0.6) is 11.5 Å². The van der Waals surface area contributed by atoms with Crippen LogP contribution < -0.4 is 9.47 Å². The Kier molecular flexibility index (Phi) is 7.06. The number of rotatable bonds is 6. The number of aryl methyl sites for hydroxylation is 2. The van der Waals surface area contributed by atoms with Crippen LogP contribution in [0.4, 0.5) is 0 Å². The summed E-state index contributed by atoms with van der Waals surface area (Å²) < 4.78 is 21.3. The highest BCUT2D eigenvalue weighted by atomic mass is 16.5. The van der Waals surface area contributed by atoms with E-state index in [1.165, 1.54) is 0 Å². The molecule has 31 heavy (non-hydrogen) atoms. The first-order valence-corrected chi connectivity index (χ1v) is 10.6. The summed E-state index contributed by atoms with van der Waals surface area (Å²) in [7, 11) is 3.30. The van der Waals surface area contributed by atoms with Gasteiger partial charge in [-0.1, -0.05) is 13.8 Å². The fourth-order valence-corrected chi connectivity index (χ4v) is 3.67. The summed E-state index contributed by atoms with van der Waals surface area (Å²) >= 11 is 0. The molecule has 0 saturated heterocycles. The quantitative estimate of drug-likeness (QED) is 0.310. The lowest BCUT2D eigenvalue weighted by atomic mass is 9.95. The first-order valence-electron chi connectivity index (χ1n) is 10.6. The van der Waals surface area contributed by atoms with E-state index in [0.717, 1.165) is 57.4 Å². The Labute approximate surface area is 182 Å². The molecule has 5 heteroatoms. The van der Waals surface area contributed by atoms with E-state index in [1.807, 2.05) is 64.1 Å². The molecule has 2 aromatic carbocycles. The van der Waals surface area contributed by atoms with E-state index in [1.54, 1.807) is 20.5 Å². The van der Waals surface area contributed by atoms with E-state index in [-0.39, 0.29) is 11.7 Å². The van der Waals surface area contributed by atoms with Gasteiger partial charge in [-0.15, -0.1) is 0 Å². The van der Waals surface area contributed by atoms with Crippen molar-refractivity contribution in [3.05, 3.63) is 59.5 Å². The number of hydrogen-bond donors (Lipinski definition) is 0. The summed E-state index contributed by atoms with van der Waals surface area (Å²) in [5.41, 5.74) is 3.70. The second-order valence-corrected chi connectivity index (χ2v) is 7.58. The molecule has 0 aliphatic rings. The Hall–Kier alpha value is -3.21. The first kappa shape index (κ1) is 22.5. The van der Waals surface area contributed by atoms with Gasteiger partial charge in [-0.2, -0.15) is 0 Å². The molecule has 2 heterocycles. The minimum absolute atomic E-state index is 0.0427. The molecule has 4 aromatic rings. The molecule has 0 unspecified atom stereocenters. The monoisotopic (exact) mass is 422 g/mol. The largest absolute Gasteiger partial charge is 0.497 e. The second kappa shape index (κ2) is 9.73. The number of Topliss-reactive ketones (excluding diaryl/α,β-unsaturated/α-hetero) is 1. The molecule has 0 aliphatic heterocycles. The molecule has 0 atom stereocenters. The minimum Gasteiger partial charge on any atom is -0.497 e. The number of ketones is 1. The van der Waals surface area contributed by atoms with Gasteiger partial charge in [-0.25, -0.2) is 0 Å². The highest BCUT2D eigenvalue weighted by Gasteiger charge is 2.23. The van der Waals surface area contributed by atoms with Crippen molar-refractivity contribution in [1.29, 1.82) is 0 Å². The lowest BCUT2D eigenvalue weighted by molar-refractivity contribution is 0.0886. The van der Waals surface area contributed by atoms with Crippen LogP contribution in [0.3, 0.4) is 0 Å². The molecular weight excluding hydrogens is 392 g/mol. The van der Waals surface area contributed by atoms with Gasteiger partial charge in [0.05, 0.1) is 20.5 Å². The molecule has 0 radical (unpaired) electrons. The molecule has 164 valence electrons. The number of methoxy groups -OCH3 is 2. The van der Waals surface area contributed by atoms with Crippen LogP contribution in [0, 0.1) is 19.8 Å². The SMILES string of the molecule is CCC(CC)C(=O)c1oc2ccc(OC)cc2c1C.COc1ccc2occ(C)c2c1. The summed E-state index contributed by atoms with van der Waals surface area (Å²) in [6.07, 6.45) is 3.44. The number of furan rings is 2. The van der Waals surface area contributed by atoms with Crippen molar-refractivity contribution in [2.45, 2.75) is 40.5 Å². The van der Waals surface area contributed by atoms with Crippen LogP contribution in [0.2, 0.25) is 0 Å². The third-order valence-electron chi connectivity index (χ3n) is 5.70. The van der Waals surface area contributed by atoms with Gasteiger partial charge in [-0.3, -0.25) is 4.79 Å². The minimum atomic E-state index is 0.0427. The van der Waals surface area contributed by atoms with E-state index in [2.05, 4.69) is 0 Å². The third-order valence-corrected chi connectivity index (χ3v) is 5.70. The van der Waals surface area contributed by atoms with Gasteiger partial charge in [0.1, 0.15) is 22.7 Å². The van der Waals surface area contributed by atoms with Crippen LogP contribution in [0.1, 0.15) is 48.4 Å². The summed E-state index contributed by atoms with van der Waals surface area (Å²) in [5, 5.41) is 2.07. The average molecular weight is 423 g/mol. The molecule has 5 nitrogen and oxygen atoms in total. The number of hydrogen-bond acceptors (Lipinski definition) is 5. The zero-order chi connectivity index (χ0) is 22.5. The van der Waals surface area contributed by atoms with Gasteiger partial charge in [-0.05, 0) is 68.7 Å². The van der Waals surface area contributed by atoms with E-state index >= 15 is 0 Å². The number of ether oxygens (including phenoxy) is 2. The Morgan fingerprint density at radius 2 is 1.48 bits per heavy atom. The van der Waals surface area contributed by atoms with Crippen molar-refractivity contribution in [1.82, 2.24) is 0 Å². The van der Waals surface area contributed by atoms with Crippen LogP contribution in [-0.2, 0) is 0 Å². The maximum absolute atomic E-state index is 12.4. The van der Waals surface area contributed by atoms with Gasteiger partial charge in [0.25, 0.3) is 0 Å². The maximum Gasteiger partial charge on any atom is 0.201 e. The normalized spacial score (nSPS) is 10.9. The van der Waals surface area contributed by atoms with E-state index < -0.39 is 0 Å². The van der Waals surface area contributed by atoms with E-state index in [4.69, 9.17) is 18.3 Å². The molecule has 0 spiro atoms. The Balaban J connectivity index is 0.000000194. The fraction of sp³-hybridized carbons (Fsp3) is 0.346. The van der Waals surface area contributed by atoms with Crippen LogP contribution in [0.15, 0.2) is 51.5 Å². The summed E-state index contributed by atoms with van der Waals surface area (Å²) in [6.45, 7) is 8.02. The molecule has 0 amide bonds. The van der Waals surface area contributed by atoms with Crippen molar-refractivity contribution >= 4 is 27.7 Å². The summed E-state index contributed by atoms with van der Waals surface area (Å²) in [6, 6.07) is 11.4. The Morgan fingerprint density at radius 3 is 2.06 bits per heavy atom. The van der Waals surface area contributed by atoms with E-state index in [0.29, 0.717) is 5.76 Å². The standard InChI is InChI=1S/C16H20O3.C10H10O2/c1-5-11(6-2)15(17)16-10(3)13-9-12(18-4)7-8-14(13)19-16;1-7-6-12-10-4-3-8(11-2)5-9(7)10/h7-9,11H,5-6H2,1-4H3;3-6H,1-2H3. The number of carbonyl (C=O) groups excluding carboxylic acids is 1. The Morgan fingerprint density at radius 1 is 0.903 bits per heavy atom. The lowest BCUT2D eigenvalue weighted by Gasteiger charge is -2.08. The molecule has 0 N–H and O–H groups in total. The Bertz CT molecular complexity index is 1180. The van der Waals surface area contributed by atoms with Gasteiger partial charge >= 0.3 is 0 Å². The van der Waals surface area contributed by atoms with Crippen molar-refractivity contribution < 1.29 is 23.1 Å². The average Bonchev–Trinajstić information content (AvgIpc) is 3.34. The number of carbonyl (C=O) groups is 1. The molecular formula is C26H30O5. The number of fused-ring (bicyclic) bond motifs is 2. The van der Waals surface area contributed by atoms with Crippen LogP contribution in [0.25, 0.3) is 21.9 Å². The predicted octanol–water partition coefficient (Wildman–Crippen LogP) is 7.12. The van der Waals surface area contributed by atoms with Crippen LogP contribution >= 0.6 is 0 Å². The topological polar surface area (TPSA) is 61.8 Å². The van der Waals surface area contributed by atoms with Crippen molar-refractivity contribution in [2.24, 2.45) is 5.92 Å². The highest BCUT2D eigenvalue weighted by Crippen LogP contribution is 2.31. The van der Waals surface area contributed by atoms with Crippen molar-refractivity contribution in [2.75, 3.05) is 14.2 Å². The molecule has 0 saturated carbocycles. The van der Waals surface area contributed by atoms with E-state index in [9.17, 15) is 4.79 Å². The predicted molar refractivity (Wildman–Crippen MR) is 123 cm³/mol. The van der Waals surface area contributed by atoms with Gasteiger partial charge in [0.15, 0.2) is 5.76 Å². The first-order chi connectivity index (χ1) is 14.9. The molecule has 4 rings (SSSR count). The van der Waals surface area contributed by atoms with Crippen molar-refractivity contribution in [3.8, 4) is 11.5 Å². The molecule has 0 aliphatic carbocycles. The van der Waals surface area contributed by atoms with Gasteiger partial charge in [0, 0.05) is 22.3 Å². The maximum atomic E-state index is 12.4. The second-order valence-electron chi connectivity index (χ2n) is 7.58. The molecule has 0 bridgehead atoms. The zero-order valence-electron chi connectivity index (χ0n) is 19.1. The molecule has 0 fully saturated rings. The number of benzene rings is 2. The molecule has 2 aromatic heterocycles. The van der Waals surface area contributed by atoms with Gasteiger partial charge in [0.2, 0.25) is 5.78 Å². The summed E-state index contributed by atoms with van der Waals surface area (Å²) in [4.78, 5) is 12.4. The lowest BCUT2D eigenvalue weighted by Crippen LogP contribution is -2.13. The smallest absolute Gasteiger partial charge is 0.201 e. The van der Waals surface area contributed by atoms with Crippen LogP contribution in [-0.4, -0.2) is 20.0 Å². The zero-order valence-corrected chi connectivity index (χ0v) is 19.1.